The minimum atomic E-state index is -4.37. The predicted octanol–water partition coefficient (Wildman–Crippen LogP) is 3.34. The molecular weight excluding hydrogens is 295 g/mol. The lowest BCUT2D eigenvalue weighted by Crippen LogP contribution is -2.28. The number of hydrogen-bond donors (Lipinski definition) is 1. The van der Waals surface area contributed by atoms with E-state index >= 15 is 0 Å². The van der Waals surface area contributed by atoms with Gasteiger partial charge in [-0.3, -0.25) is 4.79 Å². The topological polar surface area (TPSA) is 40.5 Å². The van der Waals surface area contributed by atoms with Crippen LogP contribution in [-0.4, -0.2) is 35.6 Å². The van der Waals surface area contributed by atoms with Crippen molar-refractivity contribution >= 4 is 11.5 Å². The van der Waals surface area contributed by atoms with Crippen LogP contribution < -0.4 is 0 Å². The fraction of sp³-hybridized carbons (Fsp3) is 0.438. The minimum Gasteiger partial charge on any atom is -0.393 e. The molecule has 0 bridgehead atoms. The number of benzene rings is 1. The number of allylic oxidation sites excluding steroid dienone is 1. The molecule has 0 aliphatic rings. The molecule has 0 heterocycles. The van der Waals surface area contributed by atoms with Gasteiger partial charge in [0.25, 0.3) is 0 Å². The van der Waals surface area contributed by atoms with Gasteiger partial charge in [-0.05, 0) is 43.5 Å². The number of amides is 1. The highest BCUT2D eigenvalue weighted by molar-refractivity contribution is 5.94. The molecule has 1 atom stereocenters. The van der Waals surface area contributed by atoms with Gasteiger partial charge in [-0.2, -0.15) is 13.2 Å². The second-order valence-corrected chi connectivity index (χ2v) is 5.30. The van der Waals surface area contributed by atoms with Gasteiger partial charge in [0, 0.05) is 19.7 Å². The van der Waals surface area contributed by atoms with Crippen molar-refractivity contribution in [3.63, 3.8) is 0 Å². The van der Waals surface area contributed by atoms with E-state index in [0.29, 0.717) is 24.1 Å². The fourth-order valence-corrected chi connectivity index (χ4v) is 1.79. The number of rotatable bonds is 5. The normalized spacial score (nSPS) is 13.9. The van der Waals surface area contributed by atoms with Crippen LogP contribution in [0, 0.1) is 0 Å². The van der Waals surface area contributed by atoms with Gasteiger partial charge in [0.15, 0.2) is 0 Å². The van der Waals surface area contributed by atoms with Crippen LogP contribution in [0.3, 0.4) is 0 Å². The summed E-state index contributed by atoms with van der Waals surface area (Å²) in [6, 6.07) is 4.68. The molecule has 1 amide bonds. The Balaban J connectivity index is 2.77. The summed E-state index contributed by atoms with van der Waals surface area (Å²) in [4.78, 5) is 13.4. The molecule has 1 N–H and O–H groups in total. The standard InChI is InChI=1S/C16H20F3NO2/c1-11(10-15(22)20(3)9-8-12(2)21)13-4-6-14(7-5-13)16(17,18)19/h4-7,10,12,21H,8-9H2,1-3H3/b11-10-. The van der Waals surface area contributed by atoms with Gasteiger partial charge in [0.1, 0.15) is 0 Å². The van der Waals surface area contributed by atoms with Crippen molar-refractivity contribution in [2.45, 2.75) is 32.5 Å². The third kappa shape index (κ3) is 5.52. The molecule has 1 rings (SSSR count). The molecule has 0 saturated heterocycles. The van der Waals surface area contributed by atoms with E-state index < -0.39 is 17.8 Å². The largest absolute Gasteiger partial charge is 0.416 e. The number of likely N-dealkylation sites (N-methyl/N-ethyl adjacent to an activating group) is 1. The Morgan fingerprint density at radius 3 is 2.32 bits per heavy atom. The third-order valence-electron chi connectivity index (χ3n) is 3.27. The zero-order valence-electron chi connectivity index (χ0n) is 12.8. The van der Waals surface area contributed by atoms with Crippen LogP contribution >= 0.6 is 0 Å². The first-order chi connectivity index (χ1) is 10.1. The first-order valence-corrected chi connectivity index (χ1v) is 6.90. The molecule has 0 aliphatic carbocycles. The van der Waals surface area contributed by atoms with Crippen molar-refractivity contribution in [3.05, 3.63) is 41.5 Å². The Kier molecular flexibility index (Phi) is 6.17. The SMILES string of the molecule is C/C(=C/C(=O)N(C)CCC(C)O)c1ccc(C(F)(F)F)cc1. The first kappa shape index (κ1) is 18.2. The van der Waals surface area contributed by atoms with E-state index in [-0.39, 0.29) is 5.91 Å². The average Bonchev–Trinajstić information content (AvgIpc) is 2.43. The maximum absolute atomic E-state index is 12.5. The number of nitrogens with zero attached hydrogens (tertiary/aromatic N) is 1. The van der Waals surface area contributed by atoms with Crippen molar-refractivity contribution in [1.82, 2.24) is 4.90 Å². The Morgan fingerprint density at radius 2 is 1.86 bits per heavy atom. The molecule has 1 aromatic rings. The number of aliphatic hydroxyl groups excluding tert-OH is 1. The Bertz CT molecular complexity index is 533. The second kappa shape index (κ2) is 7.45. The van der Waals surface area contributed by atoms with E-state index in [4.69, 9.17) is 0 Å². The smallest absolute Gasteiger partial charge is 0.393 e. The molecule has 1 unspecified atom stereocenters. The molecule has 6 heteroatoms. The third-order valence-corrected chi connectivity index (χ3v) is 3.27. The van der Waals surface area contributed by atoms with Gasteiger partial charge in [-0.15, -0.1) is 0 Å². The van der Waals surface area contributed by atoms with Gasteiger partial charge < -0.3 is 10.0 Å². The zero-order valence-corrected chi connectivity index (χ0v) is 12.8. The highest BCUT2D eigenvalue weighted by atomic mass is 19.4. The minimum absolute atomic E-state index is 0.252. The summed E-state index contributed by atoms with van der Waals surface area (Å²) in [5.74, 6) is -0.252. The van der Waals surface area contributed by atoms with E-state index in [1.165, 1.54) is 23.1 Å². The van der Waals surface area contributed by atoms with Crippen molar-refractivity contribution in [1.29, 1.82) is 0 Å². The van der Waals surface area contributed by atoms with Gasteiger partial charge >= 0.3 is 6.18 Å². The number of carbonyl (C=O) groups excluding carboxylic acids is 1. The Labute approximate surface area is 128 Å². The molecular formula is C16H20F3NO2. The average molecular weight is 315 g/mol. The maximum Gasteiger partial charge on any atom is 0.416 e. The summed E-state index contributed by atoms with van der Waals surface area (Å²) < 4.78 is 37.5. The Hall–Kier alpha value is -1.82. The molecule has 0 aliphatic heterocycles. The first-order valence-electron chi connectivity index (χ1n) is 6.90. The summed E-state index contributed by atoms with van der Waals surface area (Å²) in [5.41, 5.74) is 0.428. The van der Waals surface area contributed by atoms with E-state index in [2.05, 4.69) is 0 Å². The summed E-state index contributed by atoms with van der Waals surface area (Å²) in [7, 11) is 1.61. The lowest BCUT2D eigenvalue weighted by Gasteiger charge is -2.16. The molecule has 0 spiro atoms. The van der Waals surface area contributed by atoms with Crippen LogP contribution in [0.5, 0.6) is 0 Å². The zero-order chi connectivity index (χ0) is 16.9. The number of halogens is 3. The summed E-state index contributed by atoms with van der Waals surface area (Å²) in [6.07, 6.45) is -3.01. The molecule has 0 radical (unpaired) electrons. The van der Waals surface area contributed by atoms with Crippen LogP contribution in [0.1, 0.15) is 31.4 Å². The summed E-state index contributed by atoms with van der Waals surface area (Å²) >= 11 is 0. The number of carbonyl (C=O) groups is 1. The number of aliphatic hydroxyl groups is 1. The van der Waals surface area contributed by atoms with Crippen LogP contribution in [0.2, 0.25) is 0 Å². The molecule has 1 aromatic carbocycles. The lowest BCUT2D eigenvalue weighted by atomic mass is 10.0. The van der Waals surface area contributed by atoms with Crippen molar-refractivity contribution < 1.29 is 23.1 Å². The van der Waals surface area contributed by atoms with Gasteiger partial charge in [-0.25, -0.2) is 0 Å². The molecule has 3 nitrogen and oxygen atoms in total. The molecule has 122 valence electrons. The van der Waals surface area contributed by atoms with E-state index in [1.807, 2.05) is 0 Å². The van der Waals surface area contributed by atoms with Crippen LogP contribution in [0.15, 0.2) is 30.3 Å². The number of alkyl halides is 3. The van der Waals surface area contributed by atoms with Crippen molar-refractivity contribution in [3.8, 4) is 0 Å². The second-order valence-electron chi connectivity index (χ2n) is 5.30. The van der Waals surface area contributed by atoms with Crippen LogP contribution in [0.4, 0.5) is 13.2 Å². The van der Waals surface area contributed by atoms with Crippen molar-refractivity contribution in [2.24, 2.45) is 0 Å². The molecule has 0 saturated carbocycles. The van der Waals surface area contributed by atoms with Gasteiger partial charge in [0.05, 0.1) is 11.7 Å². The summed E-state index contributed by atoms with van der Waals surface area (Å²) in [5, 5.41) is 9.19. The molecule has 22 heavy (non-hydrogen) atoms. The van der Waals surface area contributed by atoms with E-state index in [9.17, 15) is 23.1 Å². The highest BCUT2D eigenvalue weighted by Gasteiger charge is 2.29. The maximum atomic E-state index is 12.5. The molecule has 0 aromatic heterocycles. The lowest BCUT2D eigenvalue weighted by molar-refractivity contribution is -0.137. The Morgan fingerprint density at radius 1 is 1.32 bits per heavy atom. The van der Waals surface area contributed by atoms with E-state index in [0.717, 1.165) is 12.1 Å². The van der Waals surface area contributed by atoms with Crippen LogP contribution in [-0.2, 0) is 11.0 Å². The summed E-state index contributed by atoms with van der Waals surface area (Å²) in [6.45, 7) is 3.72. The fourth-order valence-electron chi connectivity index (χ4n) is 1.79. The monoisotopic (exact) mass is 315 g/mol. The van der Waals surface area contributed by atoms with Crippen LogP contribution in [0.25, 0.3) is 5.57 Å². The molecule has 0 fully saturated rings. The van der Waals surface area contributed by atoms with Gasteiger partial charge in [0.2, 0.25) is 5.91 Å². The quantitative estimate of drug-likeness (QED) is 0.847. The predicted molar refractivity (Wildman–Crippen MR) is 79.0 cm³/mol. The van der Waals surface area contributed by atoms with Crippen molar-refractivity contribution in [2.75, 3.05) is 13.6 Å². The highest BCUT2D eigenvalue weighted by Crippen LogP contribution is 2.30. The number of hydrogen-bond acceptors (Lipinski definition) is 2. The van der Waals surface area contributed by atoms with E-state index in [1.54, 1.807) is 20.9 Å². The van der Waals surface area contributed by atoms with Gasteiger partial charge in [-0.1, -0.05) is 12.1 Å².